The molecule has 0 nitrogen and oxygen atoms in total. The van der Waals surface area contributed by atoms with E-state index in [4.69, 9.17) is 0 Å². The highest BCUT2D eigenvalue weighted by Gasteiger charge is 2.16. The Bertz CT molecular complexity index is 1540. The van der Waals surface area contributed by atoms with E-state index in [0.29, 0.717) is 17.5 Å². The summed E-state index contributed by atoms with van der Waals surface area (Å²) < 4.78 is 101. The maximum atomic E-state index is 15.1. The maximum absolute atomic E-state index is 15.1. The number of halogens is 7. The van der Waals surface area contributed by atoms with Crippen LogP contribution in [0.25, 0.3) is 28.1 Å². The number of hydrogen-bond acceptors (Lipinski definition) is 0. The van der Waals surface area contributed by atoms with Crippen molar-refractivity contribution in [1.29, 1.82) is 0 Å². The number of rotatable bonds is 9. The molecule has 0 spiro atoms. The Morgan fingerprint density at radius 1 is 0.675 bits per heavy atom. The first-order valence-corrected chi connectivity index (χ1v) is 12.6. The molecule has 0 aromatic heterocycles. The number of allylic oxidation sites excluding steroid dienone is 2. The van der Waals surface area contributed by atoms with Gasteiger partial charge in [0.15, 0.2) is 5.83 Å². The molecule has 4 rings (SSSR count). The van der Waals surface area contributed by atoms with E-state index in [1.54, 1.807) is 6.07 Å². The molecule has 0 saturated carbocycles. The highest BCUT2D eigenvalue weighted by molar-refractivity contribution is 5.73. The molecule has 0 aliphatic carbocycles. The molecule has 0 fully saturated rings. The summed E-state index contributed by atoms with van der Waals surface area (Å²) >= 11 is 0. The molecule has 206 valence electrons. The first-order chi connectivity index (χ1) is 19.1. The SMILES string of the molecule is C=CCCC(F)=C(F)c1ccc(-c2ccc(-c3cc(F)c(CCc4cc(F)c(C)c(F)c4)c(F)c3)c(F)c2)cc1. The van der Waals surface area contributed by atoms with E-state index in [2.05, 4.69) is 6.58 Å². The van der Waals surface area contributed by atoms with Crippen LogP contribution in [0.4, 0.5) is 30.7 Å². The Hall–Kier alpha value is -4.13. The second kappa shape index (κ2) is 12.4. The third-order valence-electron chi connectivity index (χ3n) is 6.70. The Morgan fingerprint density at radius 2 is 1.25 bits per heavy atom. The molecular weight excluding hydrogens is 529 g/mol. The maximum Gasteiger partial charge on any atom is 0.161 e. The molecule has 0 heterocycles. The summed E-state index contributed by atoms with van der Waals surface area (Å²) in [6, 6.07) is 14.2. The average molecular weight is 555 g/mol. The van der Waals surface area contributed by atoms with Crippen LogP contribution in [0.2, 0.25) is 0 Å². The lowest BCUT2D eigenvalue weighted by molar-refractivity contribution is 0.551. The molecule has 4 aromatic rings. The summed E-state index contributed by atoms with van der Waals surface area (Å²) in [4.78, 5) is 0. The zero-order valence-electron chi connectivity index (χ0n) is 21.6. The predicted octanol–water partition coefficient (Wildman–Crippen LogP) is 10.4. The normalized spacial score (nSPS) is 11.9. The van der Waals surface area contributed by atoms with E-state index in [9.17, 15) is 26.3 Å². The van der Waals surface area contributed by atoms with Crippen molar-refractivity contribution in [3.8, 4) is 22.3 Å². The molecule has 40 heavy (non-hydrogen) atoms. The molecule has 0 N–H and O–H groups in total. The lowest BCUT2D eigenvalue weighted by Crippen LogP contribution is -2.02. The molecule has 7 heteroatoms. The van der Waals surface area contributed by atoms with Crippen molar-refractivity contribution in [3.05, 3.63) is 137 Å². The largest absolute Gasteiger partial charge is 0.209 e. The Morgan fingerprint density at radius 3 is 1.82 bits per heavy atom. The van der Waals surface area contributed by atoms with Crippen LogP contribution >= 0.6 is 0 Å². The van der Waals surface area contributed by atoms with Gasteiger partial charge in [-0.25, -0.2) is 30.7 Å². The summed E-state index contributed by atoms with van der Waals surface area (Å²) in [6.07, 6.45) is 1.55. The van der Waals surface area contributed by atoms with Crippen LogP contribution in [0, 0.1) is 36.0 Å². The van der Waals surface area contributed by atoms with Gasteiger partial charge in [-0.1, -0.05) is 42.5 Å². The second-order valence-electron chi connectivity index (χ2n) is 9.42. The van der Waals surface area contributed by atoms with Crippen LogP contribution in [0.3, 0.4) is 0 Å². The molecule has 0 aliphatic rings. The molecule has 0 unspecified atom stereocenters. The Balaban J connectivity index is 1.53. The minimum atomic E-state index is -0.972. The first-order valence-electron chi connectivity index (χ1n) is 12.6. The fourth-order valence-corrected chi connectivity index (χ4v) is 4.34. The van der Waals surface area contributed by atoms with Gasteiger partial charge in [0.25, 0.3) is 0 Å². The van der Waals surface area contributed by atoms with Crippen LogP contribution < -0.4 is 0 Å². The molecule has 4 aromatic carbocycles. The summed E-state index contributed by atoms with van der Waals surface area (Å²) in [7, 11) is 0. The van der Waals surface area contributed by atoms with Crippen LogP contribution in [0.5, 0.6) is 0 Å². The van der Waals surface area contributed by atoms with Crippen molar-refractivity contribution in [2.75, 3.05) is 0 Å². The van der Waals surface area contributed by atoms with Crippen LogP contribution in [0.15, 0.2) is 85.2 Å². The molecule has 0 bridgehead atoms. The van der Waals surface area contributed by atoms with E-state index < -0.39 is 40.7 Å². The van der Waals surface area contributed by atoms with Crippen molar-refractivity contribution >= 4 is 5.83 Å². The van der Waals surface area contributed by atoms with Crippen molar-refractivity contribution in [1.82, 2.24) is 0 Å². The quantitative estimate of drug-likeness (QED) is 0.143. The van der Waals surface area contributed by atoms with Gasteiger partial charge in [0.05, 0.1) is 0 Å². The second-order valence-corrected chi connectivity index (χ2v) is 9.42. The van der Waals surface area contributed by atoms with E-state index in [1.165, 1.54) is 49.4 Å². The van der Waals surface area contributed by atoms with Gasteiger partial charge in [0.2, 0.25) is 0 Å². The zero-order chi connectivity index (χ0) is 29.0. The lowest BCUT2D eigenvalue weighted by Gasteiger charge is -2.11. The van der Waals surface area contributed by atoms with E-state index >= 15 is 4.39 Å². The van der Waals surface area contributed by atoms with Gasteiger partial charge in [-0.05, 0) is 78.8 Å². The standard InChI is InChI=1S/C33H25F7/c1-3-4-5-27(34)33(40)22-9-7-21(8-10-22)23-11-13-25(30(37)16-23)24-17-31(38)26(32(39)18-24)12-6-20-14-28(35)19(2)29(36)15-20/h3,7-11,13-18H,1,4-6,12H2,2H3. The summed E-state index contributed by atoms with van der Waals surface area (Å²) in [6.45, 7) is 4.77. The number of hydrogen-bond donors (Lipinski definition) is 0. The number of aryl methyl sites for hydroxylation is 1. The summed E-state index contributed by atoms with van der Waals surface area (Å²) in [5.74, 6) is -5.88. The molecular formula is C33H25F7. The van der Waals surface area contributed by atoms with Crippen LogP contribution in [-0.2, 0) is 12.8 Å². The van der Waals surface area contributed by atoms with Gasteiger partial charge >= 0.3 is 0 Å². The van der Waals surface area contributed by atoms with Gasteiger partial charge in [-0.3, -0.25) is 0 Å². The molecule has 0 amide bonds. The van der Waals surface area contributed by atoms with E-state index in [-0.39, 0.29) is 52.6 Å². The third kappa shape index (κ3) is 6.36. The highest BCUT2D eigenvalue weighted by Crippen LogP contribution is 2.32. The van der Waals surface area contributed by atoms with Gasteiger partial charge in [0, 0.05) is 28.7 Å². The van der Waals surface area contributed by atoms with E-state index in [0.717, 1.165) is 24.3 Å². The minimum absolute atomic E-state index is 0.00428. The predicted molar refractivity (Wildman–Crippen MR) is 144 cm³/mol. The first kappa shape index (κ1) is 28.9. The van der Waals surface area contributed by atoms with Gasteiger partial charge in [-0.2, -0.15) is 0 Å². The van der Waals surface area contributed by atoms with E-state index in [1.807, 2.05) is 0 Å². The van der Waals surface area contributed by atoms with Crippen molar-refractivity contribution in [2.45, 2.75) is 32.6 Å². The zero-order valence-corrected chi connectivity index (χ0v) is 21.6. The topological polar surface area (TPSA) is 0 Å². The van der Waals surface area contributed by atoms with Crippen LogP contribution in [-0.4, -0.2) is 0 Å². The fraction of sp³-hybridized carbons (Fsp3) is 0.152. The Kier molecular flexibility index (Phi) is 8.93. The average Bonchev–Trinajstić information content (AvgIpc) is 2.93. The summed E-state index contributed by atoms with van der Waals surface area (Å²) in [5, 5.41) is 0. The number of benzene rings is 4. The molecule has 0 atom stereocenters. The van der Waals surface area contributed by atoms with Crippen molar-refractivity contribution in [2.24, 2.45) is 0 Å². The van der Waals surface area contributed by atoms with Crippen LogP contribution in [0.1, 0.15) is 35.1 Å². The Labute approximate surface area is 228 Å². The third-order valence-corrected chi connectivity index (χ3v) is 6.70. The highest BCUT2D eigenvalue weighted by atomic mass is 19.2. The lowest BCUT2D eigenvalue weighted by atomic mass is 9.96. The molecule has 0 radical (unpaired) electrons. The smallest absolute Gasteiger partial charge is 0.161 e. The van der Waals surface area contributed by atoms with Gasteiger partial charge in [0.1, 0.15) is 34.9 Å². The molecule has 0 saturated heterocycles. The monoisotopic (exact) mass is 554 g/mol. The van der Waals surface area contributed by atoms with Gasteiger partial charge in [-0.15, -0.1) is 6.58 Å². The van der Waals surface area contributed by atoms with Crippen molar-refractivity contribution in [3.63, 3.8) is 0 Å². The molecule has 0 aliphatic heterocycles. The summed E-state index contributed by atoms with van der Waals surface area (Å²) in [5.41, 5.74) is 0.806. The van der Waals surface area contributed by atoms with Gasteiger partial charge < -0.3 is 0 Å². The minimum Gasteiger partial charge on any atom is -0.209 e. The van der Waals surface area contributed by atoms with Crippen molar-refractivity contribution < 1.29 is 30.7 Å². The fourth-order valence-electron chi connectivity index (χ4n) is 4.34.